The van der Waals surface area contributed by atoms with Crippen LogP contribution in [-0.2, 0) is 6.42 Å². The molecule has 4 aromatic rings. The number of nitrogens with zero attached hydrogens (tertiary/aromatic N) is 2. The maximum absolute atomic E-state index is 5.45. The number of guanidine groups is 1. The minimum absolute atomic E-state index is 0.0438. The number of nitrogens with one attached hydrogen (secondary N) is 1. The zero-order valence-electron chi connectivity index (χ0n) is 14.0. The van der Waals surface area contributed by atoms with Crippen LogP contribution in [-0.4, -0.2) is 15.9 Å². The van der Waals surface area contributed by atoms with Crippen LogP contribution in [0.3, 0.4) is 0 Å². The van der Waals surface area contributed by atoms with Crippen LogP contribution >= 0.6 is 0 Å². The zero-order chi connectivity index (χ0) is 17.7. The molecule has 26 heavy (non-hydrogen) atoms. The van der Waals surface area contributed by atoms with E-state index in [2.05, 4.69) is 52.4 Å². The van der Waals surface area contributed by atoms with Gasteiger partial charge in [0.2, 0.25) is 0 Å². The number of aromatic nitrogens is 2. The third-order valence-electron chi connectivity index (χ3n) is 4.79. The van der Waals surface area contributed by atoms with E-state index < -0.39 is 0 Å². The Kier molecular flexibility index (Phi) is 3.09. The van der Waals surface area contributed by atoms with Crippen molar-refractivity contribution < 1.29 is 0 Å². The molecule has 5 nitrogen and oxygen atoms in total. The second-order valence-electron chi connectivity index (χ2n) is 6.53. The molecule has 1 aliphatic carbocycles. The van der Waals surface area contributed by atoms with E-state index in [0.717, 1.165) is 28.8 Å². The Labute approximate surface area is 150 Å². The maximum atomic E-state index is 5.45. The van der Waals surface area contributed by atoms with Gasteiger partial charge < -0.3 is 16.5 Å². The Morgan fingerprint density at radius 1 is 0.923 bits per heavy atom. The molecular formula is C21H17N5. The lowest BCUT2D eigenvalue weighted by atomic mass is 10.0. The first-order chi connectivity index (χ1) is 12.7. The van der Waals surface area contributed by atoms with Crippen molar-refractivity contribution in [1.29, 1.82) is 0 Å². The highest BCUT2D eigenvalue weighted by Crippen LogP contribution is 2.38. The largest absolute Gasteiger partial charge is 0.370 e. The lowest BCUT2D eigenvalue weighted by Crippen LogP contribution is -2.21. The molecule has 5 N–H and O–H groups in total. The third-order valence-corrected chi connectivity index (χ3v) is 4.79. The summed E-state index contributed by atoms with van der Waals surface area (Å²) >= 11 is 0. The van der Waals surface area contributed by atoms with Gasteiger partial charge >= 0.3 is 0 Å². The van der Waals surface area contributed by atoms with Crippen molar-refractivity contribution in [2.75, 3.05) is 0 Å². The number of aromatic amines is 1. The van der Waals surface area contributed by atoms with Crippen molar-refractivity contribution in [2.24, 2.45) is 16.5 Å². The second-order valence-corrected chi connectivity index (χ2v) is 6.53. The summed E-state index contributed by atoms with van der Waals surface area (Å²) in [5.74, 6) is 0.892. The highest BCUT2D eigenvalue weighted by molar-refractivity contribution is 5.86. The second kappa shape index (κ2) is 5.46. The molecule has 126 valence electrons. The lowest BCUT2D eigenvalue weighted by molar-refractivity contribution is 1.25. The van der Waals surface area contributed by atoms with Gasteiger partial charge in [0.1, 0.15) is 5.82 Å². The van der Waals surface area contributed by atoms with Crippen molar-refractivity contribution in [3.05, 3.63) is 71.8 Å². The van der Waals surface area contributed by atoms with Crippen molar-refractivity contribution in [3.63, 3.8) is 0 Å². The fraction of sp³-hybridized carbons (Fsp3) is 0.0476. The maximum Gasteiger partial charge on any atom is 0.191 e. The van der Waals surface area contributed by atoms with Gasteiger partial charge in [-0.3, -0.25) is 0 Å². The first-order valence-corrected chi connectivity index (χ1v) is 8.48. The molecule has 0 bridgehead atoms. The zero-order valence-corrected chi connectivity index (χ0v) is 14.0. The van der Waals surface area contributed by atoms with Crippen LogP contribution in [0.1, 0.15) is 11.1 Å². The van der Waals surface area contributed by atoms with Gasteiger partial charge in [-0.05, 0) is 52.9 Å². The van der Waals surface area contributed by atoms with E-state index in [9.17, 15) is 0 Å². The fourth-order valence-electron chi connectivity index (χ4n) is 3.65. The Bertz CT molecular complexity index is 1180. The normalized spacial score (nSPS) is 12.0. The summed E-state index contributed by atoms with van der Waals surface area (Å²) in [6.45, 7) is 0. The van der Waals surface area contributed by atoms with Crippen LogP contribution in [0.25, 0.3) is 33.5 Å². The minimum atomic E-state index is 0.0438. The molecule has 3 aromatic carbocycles. The van der Waals surface area contributed by atoms with Crippen molar-refractivity contribution in [3.8, 4) is 22.5 Å². The molecule has 5 heteroatoms. The number of benzene rings is 3. The number of rotatable bonds is 2. The number of imidazole rings is 1. The van der Waals surface area contributed by atoms with Gasteiger partial charge in [-0.15, -0.1) is 0 Å². The number of hydrogen-bond donors (Lipinski definition) is 3. The summed E-state index contributed by atoms with van der Waals surface area (Å²) in [7, 11) is 0. The quantitative estimate of drug-likeness (QED) is 0.338. The molecule has 1 heterocycles. The molecule has 0 spiro atoms. The van der Waals surface area contributed by atoms with E-state index in [1.54, 1.807) is 0 Å². The van der Waals surface area contributed by atoms with E-state index >= 15 is 0 Å². The monoisotopic (exact) mass is 339 g/mol. The highest BCUT2D eigenvalue weighted by Gasteiger charge is 2.18. The average Bonchev–Trinajstić information content (AvgIpc) is 3.21. The molecule has 0 saturated carbocycles. The lowest BCUT2D eigenvalue weighted by Gasteiger charge is -2.03. The molecule has 5 rings (SSSR count). The van der Waals surface area contributed by atoms with E-state index in [1.165, 1.54) is 22.3 Å². The van der Waals surface area contributed by atoms with Crippen LogP contribution in [0.4, 0.5) is 5.69 Å². The van der Waals surface area contributed by atoms with Crippen LogP contribution in [0.2, 0.25) is 0 Å². The van der Waals surface area contributed by atoms with Gasteiger partial charge in [0, 0.05) is 5.56 Å². The summed E-state index contributed by atoms with van der Waals surface area (Å²) < 4.78 is 0. The summed E-state index contributed by atoms with van der Waals surface area (Å²) in [6, 6.07) is 20.8. The van der Waals surface area contributed by atoms with Crippen LogP contribution < -0.4 is 11.5 Å². The number of fused-ring (bicyclic) bond motifs is 4. The van der Waals surface area contributed by atoms with Crippen molar-refractivity contribution in [1.82, 2.24) is 9.97 Å². The molecule has 1 aromatic heterocycles. The summed E-state index contributed by atoms with van der Waals surface area (Å²) in [5.41, 5.74) is 19.9. The first kappa shape index (κ1) is 14.7. The van der Waals surface area contributed by atoms with Gasteiger partial charge in [0.05, 0.1) is 16.7 Å². The van der Waals surface area contributed by atoms with Gasteiger partial charge in [-0.1, -0.05) is 36.4 Å². The molecule has 0 fully saturated rings. The predicted octanol–water partition coefficient (Wildman–Crippen LogP) is 3.71. The Morgan fingerprint density at radius 3 is 2.65 bits per heavy atom. The highest BCUT2D eigenvalue weighted by atomic mass is 15.0. The van der Waals surface area contributed by atoms with Gasteiger partial charge in [0.15, 0.2) is 5.96 Å². The topological polar surface area (TPSA) is 93.1 Å². The van der Waals surface area contributed by atoms with E-state index in [4.69, 9.17) is 16.5 Å². The van der Waals surface area contributed by atoms with Crippen LogP contribution in [0.15, 0.2) is 65.7 Å². The molecule has 0 amide bonds. The molecule has 1 aliphatic rings. The molecule has 0 saturated heterocycles. The van der Waals surface area contributed by atoms with Crippen molar-refractivity contribution >= 4 is 22.7 Å². The van der Waals surface area contributed by atoms with Crippen LogP contribution in [0, 0.1) is 0 Å². The number of nitrogens with two attached hydrogens (primary N) is 2. The number of H-pyrrole nitrogens is 1. The SMILES string of the molecule is NC(N)=Nc1ccc2nc(-c3ccc4c(c3)Cc3ccccc3-4)[nH]c2c1. The van der Waals surface area contributed by atoms with Crippen molar-refractivity contribution in [2.45, 2.75) is 6.42 Å². The summed E-state index contributed by atoms with van der Waals surface area (Å²) in [6.07, 6.45) is 0.966. The minimum Gasteiger partial charge on any atom is -0.370 e. The predicted molar refractivity (Wildman–Crippen MR) is 105 cm³/mol. The average molecular weight is 339 g/mol. The van der Waals surface area contributed by atoms with Gasteiger partial charge in [-0.2, -0.15) is 0 Å². The van der Waals surface area contributed by atoms with E-state index in [0.29, 0.717) is 5.69 Å². The standard InChI is InChI=1S/C21H17N5/c22-21(23)24-15-6-8-18-19(11-15)26-20(25-18)13-5-7-17-14(10-13)9-12-3-1-2-4-16(12)17/h1-8,10-11H,9H2,(H,25,26)(H4,22,23,24). The van der Waals surface area contributed by atoms with E-state index in [-0.39, 0.29) is 5.96 Å². The molecule has 0 atom stereocenters. The Morgan fingerprint density at radius 2 is 1.77 bits per heavy atom. The fourth-order valence-corrected chi connectivity index (χ4v) is 3.65. The van der Waals surface area contributed by atoms with Crippen LogP contribution in [0.5, 0.6) is 0 Å². The van der Waals surface area contributed by atoms with Gasteiger partial charge in [-0.25, -0.2) is 9.98 Å². The number of hydrogen-bond acceptors (Lipinski definition) is 2. The smallest absolute Gasteiger partial charge is 0.191 e. The molecule has 0 radical (unpaired) electrons. The molecule has 0 aliphatic heterocycles. The van der Waals surface area contributed by atoms with Gasteiger partial charge in [0.25, 0.3) is 0 Å². The molecular weight excluding hydrogens is 322 g/mol. The Balaban J connectivity index is 1.56. The Hall–Kier alpha value is -3.60. The molecule has 0 unspecified atom stereocenters. The van der Waals surface area contributed by atoms with E-state index in [1.807, 2.05) is 18.2 Å². The third kappa shape index (κ3) is 2.33. The first-order valence-electron chi connectivity index (χ1n) is 8.48. The summed E-state index contributed by atoms with van der Waals surface area (Å²) in [5, 5.41) is 0. The number of aliphatic imine (C=N–C) groups is 1. The summed E-state index contributed by atoms with van der Waals surface area (Å²) in [4.78, 5) is 12.2.